The highest BCUT2D eigenvalue weighted by Gasteiger charge is 2.28. The first-order valence-corrected chi connectivity index (χ1v) is 7.22. The largest absolute Gasteiger partial charge is 0.228 e. The molecule has 0 aliphatic heterocycles. The summed E-state index contributed by atoms with van der Waals surface area (Å²) < 4.78 is 1.73. The summed E-state index contributed by atoms with van der Waals surface area (Å²) in [6.45, 7) is 0. The molecule has 1 aliphatic rings. The zero-order valence-electron chi connectivity index (χ0n) is 9.51. The molecule has 5 heteroatoms. The molecule has 90 valence electrons. The standard InChI is InChI=1S/C13H10ClN3S/c14-12-5-11(9-3-4-18-7-9)16-13-10(8-1-2-8)6-15-17(12)13/h3-8H,1-2H2. The summed E-state index contributed by atoms with van der Waals surface area (Å²) in [5.41, 5.74) is 4.18. The Balaban J connectivity index is 1.98. The van der Waals surface area contributed by atoms with Gasteiger partial charge >= 0.3 is 0 Å². The maximum absolute atomic E-state index is 6.28. The lowest BCUT2D eigenvalue weighted by Crippen LogP contribution is -1.95. The monoisotopic (exact) mass is 275 g/mol. The van der Waals surface area contributed by atoms with Gasteiger partial charge in [-0.1, -0.05) is 11.6 Å². The molecule has 1 aliphatic carbocycles. The zero-order chi connectivity index (χ0) is 12.1. The molecule has 1 saturated carbocycles. The first kappa shape index (κ1) is 10.5. The third-order valence-corrected chi connectivity index (χ3v) is 4.24. The summed E-state index contributed by atoms with van der Waals surface area (Å²) in [5, 5.41) is 9.08. The number of rotatable bonds is 2. The zero-order valence-corrected chi connectivity index (χ0v) is 11.1. The van der Waals surface area contributed by atoms with Crippen molar-refractivity contribution in [3.8, 4) is 11.3 Å². The van der Waals surface area contributed by atoms with E-state index < -0.39 is 0 Å². The molecule has 0 saturated heterocycles. The van der Waals surface area contributed by atoms with Crippen LogP contribution in [0.5, 0.6) is 0 Å². The highest BCUT2D eigenvalue weighted by atomic mass is 35.5. The highest BCUT2D eigenvalue weighted by molar-refractivity contribution is 7.08. The van der Waals surface area contributed by atoms with Gasteiger partial charge in [-0.3, -0.25) is 0 Å². The summed E-state index contributed by atoms with van der Waals surface area (Å²) in [6, 6.07) is 3.94. The minimum absolute atomic E-state index is 0.619. The van der Waals surface area contributed by atoms with Crippen LogP contribution in [0, 0.1) is 0 Å². The fourth-order valence-corrected chi connectivity index (χ4v) is 3.06. The van der Waals surface area contributed by atoms with Gasteiger partial charge in [-0.25, -0.2) is 9.50 Å². The van der Waals surface area contributed by atoms with Crippen molar-refractivity contribution in [2.45, 2.75) is 18.8 Å². The van der Waals surface area contributed by atoms with Crippen LogP contribution >= 0.6 is 22.9 Å². The number of thiophene rings is 1. The first-order valence-electron chi connectivity index (χ1n) is 5.89. The molecular formula is C13H10ClN3S. The molecule has 0 radical (unpaired) electrons. The van der Waals surface area contributed by atoms with Gasteiger partial charge < -0.3 is 0 Å². The Kier molecular flexibility index (Phi) is 2.22. The van der Waals surface area contributed by atoms with E-state index in [9.17, 15) is 0 Å². The number of aromatic nitrogens is 3. The Bertz CT molecular complexity index is 713. The fraction of sp³-hybridized carbons (Fsp3) is 0.231. The quantitative estimate of drug-likeness (QED) is 0.662. The predicted molar refractivity (Wildman–Crippen MR) is 73.3 cm³/mol. The summed E-state index contributed by atoms with van der Waals surface area (Å²) in [6.07, 6.45) is 4.38. The molecule has 18 heavy (non-hydrogen) atoms. The number of fused-ring (bicyclic) bond motifs is 1. The van der Waals surface area contributed by atoms with Crippen molar-refractivity contribution in [3.05, 3.63) is 39.8 Å². The van der Waals surface area contributed by atoms with Crippen molar-refractivity contribution in [2.24, 2.45) is 0 Å². The van der Waals surface area contributed by atoms with E-state index in [0.717, 1.165) is 16.9 Å². The molecule has 1 fully saturated rings. The number of halogens is 1. The topological polar surface area (TPSA) is 30.2 Å². The average Bonchev–Trinajstić information content (AvgIpc) is 2.93. The Morgan fingerprint density at radius 3 is 3.00 bits per heavy atom. The van der Waals surface area contributed by atoms with Crippen LogP contribution in [0.2, 0.25) is 5.15 Å². The van der Waals surface area contributed by atoms with Gasteiger partial charge in [0.1, 0.15) is 5.15 Å². The smallest absolute Gasteiger partial charge is 0.160 e. The second kappa shape index (κ2) is 3.80. The van der Waals surface area contributed by atoms with Crippen LogP contribution in [0.3, 0.4) is 0 Å². The van der Waals surface area contributed by atoms with E-state index in [4.69, 9.17) is 16.6 Å². The van der Waals surface area contributed by atoms with Gasteiger partial charge in [-0.15, -0.1) is 0 Å². The van der Waals surface area contributed by atoms with Crippen molar-refractivity contribution in [2.75, 3.05) is 0 Å². The summed E-state index contributed by atoms with van der Waals surface area (Å²) in [7, 11) is 0. The van der Waals surface area contributed by atoms with E-state index in [1.54, 1.807) is 15.9 Å². The molecule has 3 aromatic heterocycles. The van der Waals surface area contributed by atoms with E-state index in [1.807, 2.05) is 17.6 Å². The molecule has 0 spiro atoms. The third kappa shape index (κ3) is 1.56. The molecule has 0 N–H and O–H groups in total. The molecule has 0 amide bonds. The van der Waals surface area contributed by atoms with Crippen LogP contribution < -0.4 is 0 Å². The minimum atomic E-state index is 0.619. The van der Waals surface area contributed by atoms with Gasteiger partial charge in [0.15, 0.2) is 5.65 Å². The lowest BCUT2D eigenvalue weighted by atomic mass is 10.2. The van der Waals surface area contributed by atoms with Gasteiger partial charge in [-0.2, -0.15) is 16.4 Å². The van der Waals surface area contributed by atoms with Gasteiger partial charge in [-0.05, 0) is 30.2 Å². The van der Waals surface area contributed by atoms with Gasteiger partial charge in [0.2, 0.25) is 0 Å². The van der Waals surface area contributed by atoms with Crippen LogP contribution in [0.4, 0.5) is 0 Å². The van der Waals surface area contributed by atoms with E-state index in [2.05, 4.69) is 16.5 Å². The van der Waals surface area contributed by atoms with Gasteiger partial charge in [0, 0.05) is 22.6 Å². The van der Waals surface area contributed by atoms with Crippen molar-refractivity contribution < 1.29 is 0 Å². The maximum atomic E-state index is 6.28. The second-order valence-electron chi connectivity index (χ2n) is 4.59. The predicted octanol–water partition coefficient (Wildman–Crippen LogP) is 3.99. The molecule has 0 aromatic carbocycles. The minimum Gasteiger partial charge on any atom is -0.228 e. The molecule has 3 heterocycles. The van der Waals surface area contributed by atoms with Crippen molar-refractivity contribution in [1.82, 2.24) is 14.6 Å². The van der Waals surface area contributed by atoms with Crippen molar-refractivity contribution in [1.29, 1.82) is 0 Å². The van der Waals surface area contributed by atoms with Crippen molar-refractivity contribution in [3.63, 3.8) is 0 Å². The lowest BCUT2D eigenvalue weighted by molar-refractivity contribution is 0.942. The molecule has 4 rings (SSSR count). The molecule has 3 aromatic rings. The molecule has 0 atom stereocenters. The third-order valence-electron chi connectivity index (χ3n) is 3.29. The Hall–Kier alpha value is -1.39. The maximum Gasteiger partial charge on any atom is 0.160 e. The Morgan fingerprint density at radius 1 is 1.39 bits per heavy atom. The molecule has 0 unspecified atom stereocenters. The molecular weight excluding hydrogens is 266 g/mol. The van der Waals surface area contributed by atoms with Gasteiger partial charge in [0.25, 0.3) is 0 Å². The number of nitrogens with zero attached hydrogens (tertiary/aromatic N) is 3. The van der Waals surface area contributed by atoms with Crippen LogP contribution in [0.15, 0.2) is 29.1 Å². The van der Waals surface area contributed by atoms with Crippen LogP contribution in [0.1, 0.15) is 24.3 Å². The average molecular weight is 276 g/mol. The van der Waals surface area contributed by atoms with E-state index in [0.29, 0.717) is 11.1 Å². The summed E-state index contributed by atoms with van der Waals surface area (Å²) in [4.78, 5) is 4.72. The fourth-order valence-electron chi connectivity index (χ4n) is 2.18. The summed E-state index contributed by atoms with van der Waals surface area (Å²) >= 11 is 7.95. The highest BCUT2D eigenvalue weighted by Crippen LogP contribution is 2.42. The van der Waals surface area contributed by atoms with Gasteiger partial charge in [0.05, 0.1) is 11.9 Å². The number of hydrogen-bond donors (Lipinski definition) is 0. The van der Waals surface area contributed by atoms with E-state index >= 15 is 0 Å². The van der Waals surface area contributed by atoms with E-state index in [-0.39, 0.29) is 0 Å². The Labute approximate surface area is 113 Å². The summed E-state index contributed by atoms with van der Waals surface area (Å²) in [5.74, 6) is 0.629. The van der Waals surface area contributed by atoms with E-state index in [1.165, 1.54) is 18.4 Å². The second-order valence-corrected chi connectivity index (χ2v) is 5.75. The number of hydrogen-bond acceptors (Lipinski definition) is 3. The molecule has 0 bridgehead atoms. The van der Waals surface area contributed by atoms with Crippen molar-refractivity contribution >= 4 is 28.6 Å². The van der Waals surface area contributed by atoms with Crippen LogP contribution in [-0.4, -0.2) is 14.6 Å². The molecule has 3 nitrogen and oxygen atoms in total. The first-order chi connectivity index (χ1) is 8.83. The normalized spacial score (nSPS) is 15.4. The van der Waals surface area contributed by atoms with Crippen LogP contribution in [-0.2, 0) is 0 Å². The Morgan fingerprint density at radius 2 is 2.28 bits per heavy atom. The lowest BCUT2D eigenvalue weighted by Gasteiger charge is -2.02. The van der Waals surface area contributed by atoms with Crippen LogP contribution in [0.25, 0.3) is 16.9 Å². The SMILES string of the molecule is Clc1cc(-c2ccsc2)nc2c(C3CC3)cnn12.